The molecule has 0 saturated carbocycles. The molecule has 1 aliphatic heterocycles. The maximum atomic E-state index is 13.9. The number of carbonyl (C=O) groups is 2. The molecule has 0 radical (unpaired) electrons. The highest BCUT2D eigenvalue weighted by Crippen LogP contribution is 2.61. The molecule has 1 saturated heterocycles. The lowest BCUT2D eigenvalue weighted by molar-refractivity contribution is -0.146. The molecule has 0 aromatic heterocycles. The molecule has 2 atom stereocenters. The maximum Gasteiger partial charge on any atom is 0.234 e. The van der Waals surface area contributed by atoms with Crippen LogP contribution in [0.1, 0.15) is 53.5 Å². The molecule has 0 spiro atoms. The molecule has 7 rings (SSSR count). The summed E-state index contributed by atoms with van der Waals surface area (Å²) < 4.78 is 0. The number of likely N-dealkylation sites (tertiary alicyclic amines) is 1. The van der Waals surface area contributed by atoms with Crippen molar-refractivity contribution in [3.05, 3.63) is 107 Å². The Morgan fingerprint density at radius 1 is 0.600 bits per heavy atom. The molecule has 148 valence electrons. The molecule has 1 fully saturated rings. The number of imide groups is 1. The van der Waals surface area contributed by atoms with Crippen molar-refractivity contribution in [2.75, 3.05) is 0 Å². The van der Waals surface area contributed by atoms with Crippen molar-refractivity contribution in [2.24, 2.45) is 11.8 Å². The number of hydrogen-bond acceptors (Lipinski definition) is 2. The second-order valence-electron chi connectivity index (χ2n) is 9.20. The third-order valence-corrected chi connectivity index (χ3v) is 7.49. The van der Waals surface area contributed by atoms with Gasteiger partial charge in [0.05, 0.1) is 17.4 Å². The maximum absolute atomic E-state index is 13.9. The summed E-state index contributed by atoms with van der Waals surface area (Å²) >= 11 is 0. The predicted octanol–water partition coefficient (Wildman–Crippen LogP) is 4.81. The monoisotopic (exact) mass is 393 g/mol. The average Bonchev–Trinajstić information content (AvgIpc) is 3.06. The first-order valence-electron chi connectivity index (χ1n) is 10.6. The Bertz CT molecular complexity index is 1080. The molecule has 3 nitrogen and oxygen atoms in total. The van der Waals surface area contributed by atoms with Gasteiger partial charge in [0.2, 0.25) is 11.8 Å². The van der Waals surface area contributed by atoms with Gasteiger partial charge in [-0.2, -0.15) is 0 Å². The van der Waals surface area contributed by atoms with Gasteiger partial charge in [0.25, 0.3) is 0 Å². The fourth-order valence-electron chi connectivity index (χ4n) is 6.20. The van der Waals surface area contributed by atoms with E-state index in [0.29, 0.717) is 0 Å². The number of hydrogen-bond donors (Lipinski definition) is 0. The first-order valence-corrected chi connectivity index (χ1v) is 10.6. The molecule has 30 heavy (non-hydrogen) atoms. The lowest BCUT2D eigenvalue weighted by Crippen LogP contribution is -2.46. The molecule has 3 aromatic rings. The standard InChI is InChI=1S/C27H23NO2/c1-27(2,16-10-4-3-5-11-16)28-25(29)23-21-17-12-6-7-13-18(17)22(24(23)26(28)30)20-15-9-8-14-19(20)21/h3-15,21-24H,1-2H3/t21?,22?,23-,24+. The molecule has 3 heteroatoms. The fourth-order valence-corrected chi connectivity index (χ4v) is 6.20. The van der Waals surface area contributed by atoms with Crippen molar-refractivity contribution < 1.29 is 9.59 Å². The number of nitrogens with zero attached hydrogens (tertiary/aromatic N) is 1. The summed E-state index contributed by atoms with van der Waals surface area (Å²) in [6.45, 7) is 3.97. The quantitative estimate of drug-likeness (QED) is 0.586. The number of amides is 2. The van der Waals surface area contributed by atoms with Gasteiger partial charge < -0.3 is 0 Å². The SMILES string of the molecule is CC(C)(c1ccccc1)N1C(=O)[C@@H]2C3c4ccccc4C(c4ccccc43)[C@@H]2C1=O. The molecule has 3 aliphatic carbocycles. The van der Waals surface area contributed by atoms with Crippen LogP contribution in [0.25, 0.3) is 0 Å². The molecule has 2 bridgehead atoms. The number of carbonyl (C=O) groups excluding carboxylic acids is 2. The molecule has 4 aliphatic rings. The fraction of sp³-hybridized carbons (Fsp3) is 0.259. The Kier molecular flexibility index (Phi) is 3.48. The van der Waals surface area contributed by atoms with Crippen LogP contribution in [-0.4, -0.2) is 16.7 Å². The molecular formula is C27H23NO2. The van der Waals surface area contributed by atoms with Gasteiger partial charge in [-0.1, -0.05) is 78.9 Å². The van der Waals surface area contributed by atoms with Crippen LogP contribution in [0.15, 0.2) is 78.9 Å². The van der Waals surface area contributed by atoms with Crippen LogP contribution in [-0.2, 0) is 15.1 Å². The predicted molar refractivity (Wildman–Crippen MR) is 115 cm³/mol. The van der Waals surface area contributed by atoms with Gasteiger partial charge in [0.15, 0.2) is 0 Å². The minimum atomic E-state index is -0.690. The van der Waals surface area contributed by atoms with Gasteiger partial charge in [-0.05, 0) is 41.7 Å². The number of rotatable bonds is 2. The van der Waals surface area contributed by atoms with Crippen LogP contribution in [0.4, 0.5) is 0 Å². The zero-order chi connectivity index (χ0) is 20.6. The first kappa shape index (κ1) is 17.6. The van der Waals surface area contributed by atoms with E-state index >= 15 is 0 Å². The molecule has 1 heterocycles. The lowest BCUT2D eigenvalue weighted by Gasteiger charge is -2.45. The normalized spacial score (nSPS) is 26.4. The zero-order valence-corrected chi connectivity index (χ0v) is 17.1. The highest BCUT2D eigenvalue weighted by Gasteiger charge is 2.63. The van der Waals surface area contributed by atoms with E-state index in [9.17, 15) is 9.59 Å². The van der Waals surface area contributed by atoms with Gasteiger partial charge >= 0.3 is 0 Å². The average molecular weight is 393 g/mol. The second kappa shape index (κ2) is 5.91. The van der Waals surface area contributed by atoms with E-state index in [0.717, 1.165) is 5.56 Å². The van der Waals surface area contributed by atoms with Gasteiger partial charge in [-0.25, -0.2) is 0 Å². The van der Waals surface area contributed by atoms with Crippen LogP contribution >= 0.6 is 0 Å². The van der Waals surface area contributed by atoms with Crippen molar-refractivity contribution in [2.45, 2.75) is 31.2 Å². The zero-order valence-electron chi connectivity index (χ0n) is 17.1. The highest BCUT2D eigenvalue weighted by atomic mass is 16.2. The first-order chi connectivity index (χ1) is 14.5. The van der Waals surface area contributed by atoms with Gasteiger partial charge in [0.1, 0.15) is 0 Å². The summed E-state index contributed by atoms with van der Waals surface area (Å²) in [5.41, 5.74) is 5.13. The Labute approximate surface area is 176 Å². The summed E-state index contributed by atoms with van der Waals surface area (Å²) in [6.07, 6.45) is 0. The minimum absolute atomic E-state index is 0.0298. The van der Waals surface area contributed by atoms with Crippen LogP contribution in [0, 0.1) is 11.8 Å². The van der Waals surface area contributed by atoms with Crippen LogP contribution < -0.4 is 0 Å². The Morgan fingerprint density at radius 2 is 0.967 bits per heavy atom. The van der Waals surface area contributed by atoms with Gasteiger partial charge in [0, 0.05) is 11.8 Å². The van der Waals surface area contributed by atoms with Gasteiger partial charge in [-0.15, -0.1) is 0 Å². The summed E-state index contributed by atoms with van der Waals surface area (Å²) in [6, 6.07) is 26.6. The number of benzene rings is 3. The summed E-state index contributed by atoms with van der Waals surface area (Å²) in [5.74, 6) is -0.817. The minimum Gasteiger partial charge on any atom is -0.274 e. The lowest BCUT2D eigenvalue weighted by atomic mass is 9.55. The summed E-state index contributed by atoms with van der Waals surface area (Å²) in [4.78, 5) is 29.3. The largest absolute Gasteiger partial charge is 0.274 e. The van der Waals surface area contributed by atoms with E-state index in [1.165, 1.54) is 22.3 Å². The Balaban J connectivity index is 1.55. The molecule has 2 amide bonds. The van der Waals surface area contributed by atoms with E-state index in [2.05, 4.69) is 24.3 Å². The van der Waals surface area contributed by atoms with Crippen LogP contribution in [0.5, 0.6) is 0 Å². The van der Waals surface area contributed by atoms with Crippen molar-refractivity contribution in [3.8, 4) is 0 Å². The van der Waals surface area contributed by atoms with E-state index < -0.39 is 5.54 Å². The van der Waals surface area contributed by atoms with E-state index in [4.69, 9.17) is 0 Å². The van der Waals surface area contributed by atoms with E-state index in [1.807, 2.05) is 68.4 Å². The molecule has 3 aromatic carbocycles. The summed E-state index contributed by atoms with van der Waals surface area (Å²) in [7, 11) is 0. The van der Waals surface area contributed by atoms with E-state index in [1.54, 1.807) is 4.90 Å². The van der Waals surface area contributed by atoms with Crippen molar-refractivity contribution in [1.82, 2.24) is 4.90 Å². The van der Waals surface area contributed by atoms with Crippen LogP contribution in [0.3, 0.4) is 0 Å². The smallest absolute Gasteiger partial charge is 0.234 e. The van der Waals surface area contributed by atoms with E-state index in [-0.39, 0.29) is 35.5 Å². The van der Waals surface area contributed by atoms with Gasteiger partial charge in [-0.3, -0.25) is 14.5 Å². The van der Waals surface area contributed by atoms with Crippen molar-refractivity contribution in [3.63, 3.8) is 0 Å². The third kappa shape index (κ3) is 2.05. The van der Waals surface area contributed by atoms with Crippen molar-refractivity contribution >= 4 is 11.8 Å². The molecule has 0 N–H and O–H groups in total. The Morgan fingerprint density at radius 3 is 1.37 bits per heavy atom. The molecular weight excluding hydrogens is 370 g/mol. The second-order valence-corrected chi connectivity index (χ2v) is 9.20. The highest BCUT2D eigenvalue weighted by molar-refractivity contribution is 6.08. The third-order valence-electron chi connectivity index (χ3n) is 7.49. The molecule has 0 unspecified atom stereocenters. The van der Waals surface area contributed by atoms with Crippen LogP contribution in [0.2, 0.25) is 0 Å². The Hall–Kier alpha value is -3.20. The van der Waals surface area contributed by atoms with Crippen molar-refractivity contribution in [1.29, 1.82) is 0 Å². The summed E-state index contributed by atoms with van der Waals surface area (Å²) in [5, 5.41) is 0. The topological polar surface area (TPSA) is 37.4 Å².